The fourth-order valence-electron chi connectivity index (χ4n) is 2.32. The van der Waals surface area contributed by atoms with E-state index in [0.29, 0.717) is 12.3 Å². The Morgan fingerprint density at radius 1 is 1.35 bits per heavy atom. The van der Waals surface area contributed by atoms with Crippen molar-refractivity contribution >= 4 is 16.8 Å². The number of fused-ring (bicyclic) bond motifs is 1. The SMILES string of the molecule is CC(C)C(CC(N)=O)c1c[nH]c2ccccc12. The molecule has 0 saturated heterocycles. The van der Waals surface area contributed by atoms with Crippen LogP contribution in [0.25, 0.3) is 10.9 Å². The molecule has 0 aliphatic carbocycles. The van der Waals surface area contributed by atoms with E-state index in [0.717, 1.165) is 5.52 Å². The van der Waals surface area contributed by atoms with Gasteiger partial charge in [-0.15, -0.1) is 0 Å². The van der Waals surface area contributed by atoms with Crippen molar-refractivity contribution in [2.24, 2.45) is 11.7 Å². The first-order chi connectivity index (χ1) is 8.09. The summed E-state index contributed by atoms with van der Waals surface area (Å²) in [5.74, 6) is 0.333. The summed E-state index contributed by atoms with van der Waals surface area (Å²) in [5, 5.41) is 1.19. The standard InChI is InChI=1S/C14H18N2O/c1-9(2)11(7-14(15)17)12-8-16-13-6-4-3-5-10(12)13/h3-6,8-9,11,16H,7H2,1-2H3,(H2,15,17). The van der Waals surface area contributed by atoms with Gasteiger partial charge in [0.15, 0.2) is 0 Å². The summed E-state index contributed by atoms with van der Waals surface area (Å²) in [7, 11) is 0. The number of primary amides is 1. The summed E-state index contributed by atoms with van der Waals surface area (Å²) < 4.78 is 0. The molecule has 1 amide bonds. The van der Waals surface area contributed by atoms with E-state index in [1.807, 2.05) is 24.4 Å². The lowest BCUT2D eigenvalue weighted by Crippen LogP contribution is -2.18. The molecule has 90 valence electrons. The first-order valence-corrected chi connectivity index (χ1v) is 5.94. The zero-order chi connectivity index (χ0) is 12.4. The zero-order valence-corrected chi connectivity index (χ0v) is 10.2. The fraction of sp³-hybridized carbons (Fsp3) is 0.357. The molecule has 1 atom stereocenters. The van der Waals surface area contributed by atoms with Crippen molar-refractivity contribution in [2.45, 2.75) is 26.2 Å². The lowest BCUT2D eigenvalue weighted by Gasteiger charge is -2.18. The third kappa shape index (κ3) is 2.33. The highest BCUT2D eigenvalue weighted by molar-refractivity contribution is 5.84. The number of aromatic amines is 1. The molecule has 0 spiro atoms. The first-order valence-electron chi connectivity index (χ1n) is 5.94. The van der Waals surface area contributed by atoms with Gasteiger partial charge in [-0.25, -0.2) is 0 Å². The van der Waals surface area contributed by atoms with Crippen molar-refractivity contribution in [1.29, 1.82) is 0 Å². The van der Waals surface area contributed by atoms with Crippen LogP contribution in [-0.4, -0.2) is 10.9 Å². The van der Waals surface area contributed by atoms with Gasteiger partial charge in [0.25, 0.3) is 0 Å². The van der Waals surface area contributed by atoms with Gasteiger partial charge in [-0.05, 0) is 23.5 Å². The van der Waals surface area contributed by atoms with Gasteiger partial charge < -0.3 is 10.7 Å². The lowest BCUT2D eigenvalue weighted by atomic mass is 9.85. The van der Waals surface area contributed by atoms with Crippen LogP contribution in [0, 0.1) is 5.92 Å². The molecule has 1 aromatic heterocycles. The maximum absolute atomic E-state index is 11.2. The number of nitrogens with two attached hydrogens (primary N) is 1. The van der Waals surface area contributed by atoms with Crippen molar-refractivity contribution in [3.63, 3.8) is 0 Å². The summed E-state index contributed by atoms with van der Waals surface area (Å²) in [5.41, 5.74) is 7.63. The molecule has 3 nitrogen and oxygen atoms in total. The minimum Gasteiger partial charge on any atom is -0.370 e. The average Bonchev–Trinajstić information content (AvgIpc) is 2.69. The highest BCUT2D eigenvalue weighted by atomic mass is 16.1. The number of hydrogen-bond acceptors (Lipinski definition) is 1. The maximum Gasteiger partial charge on any atom is 0.218 e. The highest BCUT2D eigenvalue weighted by Crippen LogP contribution is 2.32. The molecule has 1 heterocycles. The second kappa shape index (κ2) is 4.62. The number of hydrogen-bond donors (Lipinski definition) is 2. The topological polar surface area (TPSA) is 58.9 Å². The fourth-order valence-corrected chi connectivity index (χ4v) is 2.32. The van der Waals surface area contributed by atoms with Crippen LogP contribution in [0.2, 0.25) is 0 Å². The van der Waals surface area contributed by atoms with Crippen LogP contribution in [0.5, 0.6) is 0 Å². The average molecular weight is 230 g/mol. The molecule has 2 rings (SSSR count). The Balaban J connectivity index is 2.45. The summed E-state index contributed by atoms with van der Waals surface area (Å²) in [6.07, 6.45) is 2.40. The Labute approximate surface area is 101 Å². The Hall–Kier alpha value is -1.77. The van der Waals surface area contributed by atoms with E-state index in [4.69, 9.17) is 5.73 Å². The predicted molar refractivity (Wildman–Crippen MR) is 69.7 cm³/mol. The number of nitrogens with one attached hydrogen (secondary N) is 1. The molecule has 0 fully saturated rings. The van der Waals surface area contributed by atoms with Crippen LogP contribution >= 0.6 is 0 Å². The van der Waals surface area contributed by atoms with E-state index in [2.05, 4.69) is 24.9 Å². The van der Waals surface area contributed by atoms with E-state index < -0.39 is 0 Å². The number of rotatable bonds is 4. The van der Waals surface area contributed by atoms with Gasteiger partial charge in [0, 0.05) is 23.5 Å². The molecule has 0 aliphatic heterocycles. The number of H-pyrrole nitrogens is 1. The second-order valence-corrected chi connectivity index (χ2v) is 4.81. The van der Waals surface area contributed by atoms with Crippen molar-refractivity contribution < 1.29 is 4.79 Å². The van der Waals surface area contributed by atoms with E-state index in [1.165, 1.54) is 10.9 Å². The van der Waals surface area contributed by atoms with Gasteiger partial charge in [0.2, 0.25) is 5.91 Å². The lowest BCUT2D eigenvalue weighted by molar-refractivity contribution is -0.118. The second-order valence-electron chi connectivity index (χ2n) is 4.81. The van der Waals surface area contributed by atoms with Gasteiger partial charge >= 0.3 is 0 Å². The van der Waals surface area contributed by atoms with Crippen LogP contribution in [0.4, 0.5) is 0 Å². The molecule has 0 bridgehead atoms. The monoisotopic (exact) mass is 230 g/mol. The van der Waals surface area contributed by atoms with E-state index in [-0.39, 0.29) is 11.8 Å². The zero-order valence-electron chi connectivity index (χ0n) is 10.2. The predicted octanol–water partition coefficient (Wildman–Crippen LogP) is 2.78. The first kappa shape index (κ1) is 11.7. The Morgan fingerprint density at radius 2 is 2.06 bits per heavy atom. The molecule has 1 aromatic carbocycles. The Bertz CT molecular complexity index is 528. The normalized spacial score (nSPS) is 13.1. The number of carbonyl (C=O) groups excluding carboxylic acids is 1. The summed E-state index contributed by atoms with van der Waals surface area (Å²) in [4.78, 5) is 14.4. The Kier molecular flexibility index (Phi) is 3.18. The van der Waals surface area contributed by atoms with Crippen LogP contribution in [0.3, 0.4) is 0 Å². The molecule has 2 aromatic rings. The van der Waals surface area contributed by atoms with E-state index in [1.54, 1.807) is 0 Å². The molecular formula is C14H18N2O. The van der Waals surface area contributed by atoms with E-state index in [9.17, 15) is 4.79 Å². The van der Waals surface area contributed by atoms with E-state index >= 15 is 0 Å². The third-order valence-electron chi connectivity index (χ3n) is 3.25. The number of carbonyl (C=O) groups is 1. The van der Waals surface area contributed by atoms with Crippen LogP contribution in [-0.2, 0) is 4.79 Å². The number of aromatic nitrogens is 1. The summed E-state index contributed by atoms with van der Waals surface area (Å²) in [6, 6.07) is 8.14. The number of para-hydroxylation sites is 1. The quantitative estimate of drug-likeness (QED) is 0.833. The van der Waals surface area contributed by atoms with Gasteiger partial charge in [-0.3, -0.25) is 4.79 Å². The summed E-state index contributed by atoms with van der Waals surface area (Å²) in [6.45, 7) is 4.24. The molecule has 3 N–H and O–H groups in total. The van der Waals surface area contributed by atoms with Crippen molar-refractivity contribution in [3.8, 4) is 0 Å². The molecule has 0 radical (unpaired) electrons. The largest absolute Gasteiger partial charge is 0.370 e. The molecule has 3 heteroatoms. The van der Waals surface area contributed by atoms with Gasteiger partial charge in [0.1, 0.15) is 0 Å². The molecule has 17 heavy (non-hydrogen) atoms. The van der Waals surface area contributed by atoms with Crippen molar-refractivity contribution in [1.82, 2.24) is 4.98 Å². The third-order valence-corrected chi connectivity index (χ3v) is 3.25. The molecular weight excluding hydrogens is 212 g/mol. The van der Waals surface area contributed by atoms with Gasteiger partial charge in [-0.1, -0.05) is 32.0 Å². The minimum absolute atomic E-state index is 0.184. The smallest absolute Gasteiger partial charge is 0.218 e. The number of amides is 1. The molecule has 0 aliphatic rings. The van der Waals surface area contributed by atoms with Crippen LogP contribution in [0.1, 0.15) is 31.7 Å². The minimum atomic E-state index is -0.242. The van der Waals surface area contributed by atoms with Crippen molar-refractivity contribution in [3.05, 3.63) is 36.0 Å². The van der Waals surface area contributed by atoms with Gasteiger partial charge in [0.05, 0.1) is 0 Å². The number of benzene rings is 1. The Morgan fingerprint density at radius 3 is 2.71 bits per heavy atom. The highest BCUT2D eigenvalue weighted by Gasteiger charge is 2.21. The maximum atomic E-state index is 11.2. The summed E-state index contributed by atoms with van der Waals surface area (Å²) >= 11 is 0. The van der Waals surface area contributed by atoms with Crippen LogP contribution < -0.4 is 5.73 Å². The van der Waals surface area contributed by atoms with Crippen LogP contribution in [0.15, 0.2) is 30.5 Å². The van der Waals surface area contributed by atoms with Gasteiger partial charge in [-0.2, -0.15) is 0 Å². The molecule has 1 unspecified atom stereocenters. The van der Waals surface area contributed by atoms with Crippen molar-refractivity contribution in [2.75, 3.05) is 0 Å². The molecule has 0 saturated carbocycles.